The third-order valence-electron chi connectivity index (χ3n) is 5.77. The van der Waals surface area contributed by atoms with Crippen LogP contribution in [-0.4, -0.2) is 42.6 Å². The zero-order valence-electron chi connectivity index (χ0n) is 16.8. The molecule has 2 aromatic rings. The van der Waals surface area contributed by atoms with Crippen molar-refractivity contribution in [2.45, 2.75) is 55.8 Å². The van der Waals surface area contributed by atoms with Crippen molar-refractivity contribution in [3.8, 4) is 5.75 Å². The van der Waals surface area contributed by atoms with Crippen molar-refractivity contribution in [3.05, 3.63) is 54.1 Å². The summed E-state index contributed by atoms with van der Waals surface area (Å²) in [6.07, 6.45) is 1.98. The minimum atomic E-state index is -3.57. The number of benzene rings is 2. The van der Waals surface area contributed by atoms with Crippen molar-refractivity contribution < 1.29 is 18.3 Å². The van der Waals surface area contributed by atoms with E-state index in [2.05, 4.69) is 5.32 Å². The van der Waals surface area contributed by atoms with Crippen molar-refractivity contribution >= 4 is 15.7 Å². The molecule has 2 aliphatic heterocycles. The predicted octanol–water partition coefficient (Wildman–Crippen LogP) is 3.55. The van der Waals surface area contributed by atoms with Crippen LogP contribution in [-0.2, 0) is 10.0 Å². The average molecular weight is 417 g/mol. The van der Waals surface area contributed by atoms with E-state index < -0.39 is 27.8 Å². The molecular formula is C22H28N2O4S. The number of fused-ring (bicyclic) bond motifs is 1. The minimum absolute atomic E-state index is 0.244. The molecule has 0 aromatic heterocycles. The highest BCUT2D eigenvalue weighted by Gasteiger charge is 2.43. The summed E-state index contributed by atoms with van der Waals surface area (Å²) in [6, 6.07) is 14.1. The molecule has 1 saturated heterocycles. The van der Waals surface area contributed by atoms with E-state index in [1.807, 2.05) is 44.2 Å². The van der Waals surface area contributed by atoms with Gasteiger partial charge in [0, 0.05) is 24.3 Å². The predicted molar refractivity (Wildman–Crippen MR) is 113 cm³/mol. The van der Waals surface area contributed by atoms with Crippen molar-refractivity contribution in [2.24, 2.45) is 0 Å². The van der Waals surface area contributed by atoms with Gasteiger partial charge in [0.05, 0.1) is 10.9 Å². The van der Waals surface area contributed by atoms with Gasteiger partial charge >= 0.3 is 0 Å². The lowest BCUT2D eigenvalue weighted by Gasteiger charge is -2.42. The molecule has 0 saturated carbocycles. The molecule has 156 valence electrons. The smallest absolute Gasteiger partial charge is 0.243 e. The summed E-state index contributed by atoms with van der Waals surface area (Å²) in [6.45, 7) is 4.77. The molecular weight excluding hydrogens is 388 g/mol. The first-order valence-corrected chi connectivity index (χ1v) is 11.6. The summed E-state index contributed by atoms with van der Waals surface area (Å²) in [4.78, 5) is 0.244. The summed E-state index contributed by atoms with van der Waals surface area (Å²) in [5.41, 5.74) is 0.690. The number of piperidine rings is 1. The Kier molecular flexibility index (Phi) is 5.31. The number of para-hydroxylation sites is 1. The quantitative estimate of drug-likeness (QED) is 0.797. The largest absolute Gasteiger partial charge is 0.485 e. The number of hydrogen-bond donors (Lipinski definition) is 2. The molecule has 4 rings (SSSR count). The number of ether oxygens (including phenoxy) is 1. The zero-order chi connectivity index (χ0) is 20.6. The summed E-state index contributed by atoms with van der Waals surface area (Å²) >= 11 is 0. The van der Waals surface area contributed by atoms with Gasteiger partial charge < -0.3 is 15.2 Å². The molecule has 0 bridgehead atoms. The van der Waals surface area contributed by atoms with Crippen LogP contribution in [0, 0.1) is 0 Å². The summed E-state index contributed by atoms with van der Waals surface area (Å²) < 4.78 is 33.9. The second-order valence-electron chi connectivity index (χ2n) is 8.30. The lowest BCUT2D eigenvalue weighted by Crippen LogP contribution is -2.50. The molecule has 29 heavy (non-hydrogen) atoms. The van der Waals surface area contributed by atoms with Gasteiger partial charge in [-0.1, -0.05) is 24.6 Å². The van der Waals surface area contributed by atoms with Gasteiger partial charge in [-0.2, -0.15) is 4.31 Å². The fourth-order valence-corrected chi connectivity index (χ4v) is 5.62. The van der Waals surface area contributed by atoms with E-state index >= 15 is 0 Å². The Morgan fingerprint density at radius 1 is 1.07 bits per heavy atom. The van der Waals surface area contributed by atoms with Crippen molar-refractivity contribution in [1.82, 2.24) is 4.31 Å². The maximum atomic E-state index is 13.1. The van der Waals surface area contributed by atoms with E-state index in [4.69, 9.17) is 4.74 Å². The van der Waals surface area contributed by atoms with Gasteiger partial charge in [0.1, 0.15) is 17.5 Å². The second-order valence-corrected chi connectivity index (χ2v) is 10.2. The standard InChI is InChI=1S/C22H28N2O4S/c1-22(2)21(25)20(23-16-9-5-3-6-10-16)18-15-17(11-12-19(18)28-22)29(26,27)24-13-7-4-8-14-24/h3,5-6,9-12,15,20-21,23,25H,4,7-8,13-14H2,1-2H3. The molecule has 0 aliphatic carbocycles. The molecule has 2 heterocycles. The minimum Gasteiger partial charge on any atom is -0.485 e. The number of rotatable bonds is 4. The van der Waals surface area contributed by atoms with Crippen LogP contribution in [0.15, 0.2) is 53.4 Å². The van der Waals surface area contributed by atoms with Gasteiger partial charge in [0.25, 0.3) is 0 Å². The summed E-state index contributed by atoms with van der Waals surface area (Å²) in [7, 11) is -3.57. The molecule has 2 unspecified atom stereocenters. The number of sulfonamides is 1. The van der Waals surface area contributed by atoms with Crippen molar-refractivity contribution in [1.29, 1.82) is 0 Å². The van der Waals surface area contributed by atoms with Crippen LogP contribution in [0.3, 0.4) is 0 Å². The van der Waals surface area contributed by atoms with Crippen LogP contribution in [0.1, 0.15) is 44.7 Å². The maximum Gasteiger partial charge on any atom is 0.243 e. The first-order chi connectivity index (χ1) is 13.8. The fourth-order valence-electron chi connectivity index (χ4n) is 4.06. The highest BCUT2D eigenvalue weighted by molar-refractivity contribution is 7.89. The van der Waals surface area contributed by atoms with E-state index in [0.29, 0.717) is 24.4 Å². The highest BCUT2D eigenvalue weighted by Crippen LogP contribution is 2.42. The van der Waals surface area contributed by atoms with Gasteiger partial charge in [0.15, 0.2) is 0 Å². The number of anilines is 1. The SMILES string of the molecule is CC1(C)Oc2ccc(S(=O)(=O)N3CCCCC3)cc2C(Nc2ccccc2)C1O. The zero-order valence-corrected chi connectivity index (χ0v) is 17.7. The van der Waals surface area contributed by atoms with E-state index in [-0.39, 0.29) is 4.90 Å². The van der Waals surface area contributed by atoms with Gasteiger partial charge in [-0.3, -0.25) is 0 Å². The summed E-state index contributed by atoms with van der Waals surface area (Å²) in [5, 5.41) is 14.4. The van der Waals surface area contributed by atoms with Crippen LogP contribution < -0.4 is 10.1 Å². The average Bonchev–Trinajstić information content (AvgIpc) is 2.72. The topological polar surface area (TPSA) is 78.9 Å². The van der Waals surface area contributed by atoms with Gasteiger partial charge in [-0.15, -0.1) is 0 Å². The Labute approximate surface area is 172 Å². The Bertz CT molecular complexity index is 970. The molecule has 0 radical (unpaired) electrons. The third kappa shape index (κ3) is 3.86. The van der Waals surface area contributed by atoms with Crippen molar-refractivity contribution in [3.63, 3.8) is 0 Å². The molecule has 2 N–H and O–H groups in total. The number of hydrogen-bond acceptors (Lipinski definition) is 5. The maximum absolute atomic E-state index is 13.1. The summed E-state index contributed by atoms with van der Waals surface area (Å²) in [5.74, 6) is 0.589. The lowest BCUT2D eigenvalue weighted by molar-refractivity contribution is -0.0533. The Morgan fingerprint density at radius 3 is 2.45 bits per heavy atom. The monoisotopic (exact) mass is 416 g/mol. The van der Waals surface area contributed by atoms with E-state index in [1.54, 1.807) is 22.5 Å². The van der Waals surface area contributed by atoms with Crippen LogP contribution in [0.4, 0.5) is 5.69 Å². The van der Waals surface area contributed by atoms with E-state index in [1.165, 1.54) is 0 Å². The lowest BCUT2D eigenvalue weighted by atomic mass is 9.86. The van der Waals surface area contributed by atoms with Gasteiger partial charge in [0.2, 0.25) is 10.0 Å². The van der Waals surface area contributed by atoms with Crippen molar-refractivity contribution in [2.75, 3.05) is 18.4 Å². The van der Waals surface area contributed by atoms with Crippen LogP contribution in [0.5, 0.6) is 5.75 Å². The van der Waals surface area contributed by atoms with Gasteiger partial charge in [-0.05, 0) is 57.0 Å². The Balaban J connectivity index is 1.74. The molecule has 6 nitrogen and oxygen atoms in total. The first-order valence-electron chi connectivity index (χ1n) is 10.1. The third-order valence-corrected chi connectivity index (χ3v) is 7.66. The molecule has 2 aliphatic rings. The molecule has 2 aromatic carbocycles. The highest BCUT2D eigenvalue weighted by atomic mass is 32.2. The molecule has 0 spiro atoms. The molecule has 7 heteroatoms. The molecule has 0 amide bonds. The van der Waals surface area contributed by atoms with E-state index in [9.17, 15) is 13.5 Å². The van der Waals surface area contributed by atoms with Crippen LogP contribution in [0.25, 0.3) is 0 Å². The number of nitrogens with zero attached hydrogens (tertiary/aromatic N) is 1. The van der Waals surface area contributed by atoms with E-state index in [0.717, 1.165) is 24.9 Å². The normalized spacial score (nSPS) is 24.4. The van der Waals surface area contributed by atoms with Crippen LogP contribution in [0.2, 0.25) is 0 Å². The molecule has 2 atom stereocenters. The first kappa shape index (κ1) is 20.2. The number of aliphatic hydroxyl groups excluding tert-OH is 1. The van der Waals surface area contributed by atoms with Gasteiger partial charge in [-0.25, -0.2) is 8.42 Å². The second kappa shape index (κ2) is 7.63. The number of nitrogens with one attached hydrogen (secondary N) is 1. The fraction of sp³-hybridized carbons (Fsp3) is 0.455. The number of aliphatic hydroxyl groups is 1. The Hall–Kier alpha value is -2.09. The molecule has 1 fully saturated rings. The Morgan fingerprint density at radius 2 is 1.76 bits per heavy atom. The van der Waals surface area contributed by atoms with Crippen LogP contribution >= 0.6 is 0 Å².